The molecule has 0 aromatic carbocycles. The zero-order valence-electron chi connectivity index (χ0n) is 12.2. The highest BCUT2D eigenvalue weighted by atomic mass is 32.1. The average Bonchev–Trinajstić information content (AvgIpc) is 3.14. The van der Waals surface area contributed by atoms with Crippen LogP contribution in [0.5, 0.6) is 0 Å². The van der Waals surface area contributed by atoms with E-state index in [2.05, 4.69) is 23.7 Å². The Labute approximate surface area is 123 Å². The molecule has 1 saturated heterocycles. The number of carboxylic acids is 1. The van der Waals surface area contributed by atoms with Crippen molar-refractivity contribution in [3.05, 3.63) is 10.6 Å². The Hall–Kier alpha value is -1.10. The second kappa shape index (κ2) is 5.02. The molecule has 1 aromatic rings. The van der Waals surface area contributed by atoms with E-state index in [-0.39, 0.29) is 0 Å². The monoisotopic (exact) mass is 294 g/mol. The molecule has 0 bridgehead atoms. The van der Waals surface area contributed by atoms with Crippen molar-refractivity contribution in [3.63, 3.8) is 0 Å². The van der Waals surface area contributed by atoms with E-state index < -0.39 is 5.97 Å². The third-order valence-corrected chi connectivity index (χ3v) is 5.53. The first-order valence-corrected chi connectivity index (χ1v) is 8.27. The van der Waals surface area contributed by atoms with Gasteiger partial charge in [0.2, 0.25) is 0 Å². The Bertz CT molecular complexity index is 520. The van der Waals surface area contributed by atoms with Gasteiger partial charge in [-0.3, -0.25) is 0 Å². The van der Waals surface area contributed by atoms with Crippen LogP contribution in [0.25, 0.3) is 0 Å². The van der Waals surface area contributed by atoms with Crippen LogP contribution in [-0.2, 0) is 0 Å². The van der Waals surface area contributed by atoms with Gasteiger partial charge >= 0.3 is 5.97 Å². The molecule has 4 nitrogen and oxygen atoms in total. The SMILES string of the molecule is CC1(C)CCCN(c2nc(C3CC3)c(C(=O)O)s2)CC1. The zero-order chi connectivity index (χ0) is 14.3. The number of thiazole rings is 1. The first-order chi connectivity index (χ1) is 9.46. The molecule has 20 heavy (non-hydrogen) atoms. The number of nitrogens with zero attached hydrogens (tertiary/aromatic N) is 2. The van der Waals surface area contributed by atoms with E-state index in [0.717, 1.165) is 49.6 Å². The van der Waals surface area contributed by atoms with Crippen molar-refractivity contribution in [1.29, 1.82) is 0 Å². The molecule has 2 aliphatic rings. The molecule has 110 valence electrons. The molecule has 1 N–H and O–H groups in total. The summed E-state index contributed by atoms with van der Waals surface area (Å²) >= 11 is 1.37. The first-order valence-electron chi connectivity index (χ1n) is 7.45. The largest absolute Gasteiger partial charge is 0.477 e. The molecule has 1 aromatic heterocycles. The fourth-order valence-electron chi connectivity index (χ4n) is 2.86. The van der Waals surface area contributed by atoms with Gasteiger partial charge in [-0.25, -0.2) is 9.78 Å². The number of aromatic nitrogens is 1. The van der Waals surface area contributed by atoms with Gasteiger partial charge in [0.25, 0.3) is 0 Å². The van der Waals surface area contributed by atoms with Crippen LogP contribution in [0, 0.1) is 5.41 Å². The maximum Gasteiger partial charge on any atom is 0.347 e. The van der Waals surface area contributed by atoms with Crippen LogP contribution < -0.4 is 4.90 Å². The molecule has 0 atom stereocenters. The van der Waals surface area contributed by atoms with Crippen molar-refractivity contribution in [2.75, 3.05) is 18.0 Å². The highest BCUT2D eigenvalue weighted by Crippen LogP contribution is 2.44. The summed E-state index contributed by atoms with van der Waals surface area (Å²) in [5.74, 6) is -0.416. The van der Waals surface area contributed by atoms with Gasteiger partial charge in [-0.05, 0) is 37.5 Å². The number of aromatic carboxylic acids is 1. The van der Waals surface area contributed by atoms with E-state index in [4.69, 9.17) is 0 Å². The molecule has 5 heteroatoms. The van der Waals surface area contributed by atoms with Gasteiger partial charge in [0.15, 0.2) is 5.13 Å². The smallest absolute Gasteiger partial charge is 0.347 e. The lowest BCUT2D eigenvalue weighted by molar-refractivity contribution is 0.0700. The van der Waals surface area contributed by atoms with Gasteiger partial charge in [0, 0.05) is 19.0 Å². The van der Waals surface area contributed by atoms with Crippen LogP contribution in [0.3, 0.4) is 0 Å². The molecule has 0 unspecified atom stereocenters. The summed E-state index contributed by atoms with van der Waals surface area (Å²) < 4.78 is 0. The van der Waals surface area contributed by atoms with Crippen LogP contribution in [0.1, 0.15) is 67.2 Å². The van der Waals surface area contributed by atoms with Crippen molar-refractivity contribution >= 4 is 22.4 Å². The Morgan fingerprint density at radius 3 is 2.75 bits per heavy atom. The van der Waals surface area contributed by atoms with Gasteiger partial charge in [-0.15, -0.1) is 0 Å². The quantitative estimate of drug-likeness (QED) is 0.922. The minimum atomic E-state index is -0.814. The van der Waals surface area contributed by atoms with Gasteiger partial charge < -0.3 is 10.0 Å². The van der Waals surface area contributed by atoms with Crippen LogP contribution in [-0.4, -0.2) is 29.1 Å². The van der Waals surface area contributed by atoms with E-state index in [1.54, 1.807) is 0 Å². The number of carbonyl (C=O) groups is 1. The standard InChI is InChI=1S/C15H22N2O2S/c1-15(2)6-3-8-17(9-7-15)14-16-11(10-4-5-10)12(20-14)13(18)19/h10H,3-9H2,1-2H3,(H,18,19). The molecule has 1 aliphatic heterocycles. The predicted molar refractivity (Wildman–Crippen MR) is 80.9 cm³/mol. The topological polar surface area (TPSA) is 53.4 Å². The third kappa shape index (κ3) is 2.82. The van der Waals surface area contributed by atoms with E-state index >= 15 is 0 Å². The molecule has 3 rings (SSSR count). The molecule has 0 amide bonds. The molecular weight excluding hydrogens is 272 g/mol. The van der Waals surface area contributed by atoms with Gasteiger partial charge in [0.05, 0.1) is 5.69 Å². The first kappa shape index (κ1) is 13.9. The minimum absolute atomic E-state index is 0.390. The normalized spacial score (nSPS) is 22.6. The Morgan fingerprint density at radius 2 is 2.10 bits per heavy atom. The number of hydrogen-bond donors (Lipinski definition) is 1. The number of rotatable bonds is 3. The summed E-state index contributed by atoms with van der Waals surface area (Å²) in [6, 6.07) is 0. The lowest BCUT2D eigenvalue weighted by Gasteiger charge is -2.22. The van der Waals surface area contributed by atoms with Crippen molar-refractivity contribution in [3.8, 4) is 0 Å². The van der Waals surface area contributed by atoms with E-state index in [9.17, 15) is 9.90 Å². The number of carboxylic acid groups (broad SMARTS) is 1. The highest BCUT2D eigenvalue weighted by Gasteiger charge is 2.33. The maximum absolute atomic E-state index is 11.4. The van der Waals surface area contributed by atoms with E-state index in [1.807, 2.05) is 0 Å². The summed E-state index contributed by atoms with van der Waals surface area (Å²) in [5, 5.41) is 10.3. The molecule has 2 fully saturated rings. The summed E-state index contributed by atoms with van der Waals surface area (Å²) in [7, 11) is 0. The lowest BCUT2D eigenvalue weighted by Crippen LogP contribution is -2.24. The Kier molecular flexibility index (Phi) is 3.48. The van der Waals surface area contributed by atoms with Crippen molar-refractivity contribution < 1.29 is 9.90 Å². The van der Waals surface area contributed by atoms with Crippen LogP contribution >= 0.6 is 11.3 Å². The third-order valence-electron chi connectivity index (χ3n) is 4.41. The van der Waals surface area contributed by atoms with Crippen molar-refractivity contribution in [1.82, 2.24) is 4.98 Å². The van der Waals surface area contributed by atoms with E-state index in [1.165, 1.54) is 17.8 Å². The van der Waals surface area contributed by atoms with Crippen molar-refractivity contribution in [2.45, 2.75) is 51.9 Å². The summed E-state index contributed by atoms with van der Waals surface area (Å²) in [5.41, 5.74) is 1.22. The highest BCUT2D eigenvalue weighted by molar-refractivity contribution is 7.17. The number of hydrogen-bond acceptors (Lipinski definition) is 4. The van der Waals surface area contributed by atoms with Gasteiger partial charge in [0.1, 0.15) is 4.88 Å². The van der Waals surface area contributed by atoms with Crippen LogP contribution in [0.4, 0.5) is 5.13 Å². The number of anilines is 1. The summed E-state index contributed by atoms with van der Waals surface area (Å²) in [6.45, 7) is 6.62. The molecule has 1 aliphatic carbocycles. The fraction of sp³-hybridized carbons (Fsp3) is 0.733. The Morgan fingerprint density at radius 1 is 1.35 bits per heavy atom. The molecule has 0 spiro atoms. The fourth-order valence-corrected chi connectivity index (χ4v) is 3.90. The molecule has 0 radical (unpaired) electrons. The predicted octanol–water partition coefficient (Wildman–Crippen LogP) is 3.74. The van der Waals surface area contributed by atoms with Gasteiger partial charge in [-0.1, -0.05) is 25.2 Å². The second-order valence-corrected chi connectivity index (χ2v) is 7.77. The molecular formula is C15H22N2O2S. The summed E-state index contributed by atoms with van der Waals surface area (Å²) in [6.07, 6.45) is 5.73. The Balaban J connectivity index is 1.83. The van der Waals surface area contributed by atoms with Crippen molar-refractivity contribution in [2.24, 2.45) is 5.41 Å². The van der Waals surface area contributed by atoms with E-state index in [0.29, 0.717) is 16.2 Å². The minimum Gasteiger partial charge on any atom is -0.477 e. The van der Waals surface area contributed by atoms with Crippen LogP contribution in [0.2, 0.25) is 0 Å². The zero-order valence-corrected chi connectivity index (χ0v) is 13.0. The molecule has 2 heterocycles. The summed E-state index contributed by atoms with van der Waals surface area (Å²) in [4.78, 5) is 18.8. The van der Waals surface area contributed by atoms with Crippen LogP contribution in [0.15, 0.2) is 0 Å². The maximum atomic E-state index is 11.4. The van der Waals surface area contributed by atoms with Gasteiger partial charge in [-0.2, -0.15) is 0 Å². The average molecular weight is 294 g/mol. The lowest BCUT2D eigenvalue weighted by atomic mass is 9.85. The second-order valence-electron chi connectivity index (χ2n) is 6.80. The molecule has 1 saturated carbocycles.